The summed E-state index contributed by atoms with van der Waals surface area (Å²) in [6.07, 6.45) is 20.6. The van der Waals surface area contributed by atoms with Crippen molar-refractivity contribution in [3.63, 3.8) is 0 Å². The van der Waals surface area contributed by atoms with Crippen molar-refractivity contribution in [3.05, 3.63) is 0 Å². The number of aliphatic carboxylic acids is 2. The zero-order valence-corrected chi connectivity index (χ0v) is 25.4. The van der Waals surface area contributed by atoms with Gasteiger partial charge in [-0.2, -0.15) is 0 Å². The molecule has 0 radical (unpaired) electrons. The normalized spacial score (nSPS) is 37.4. The third kappa shape index (κ3) is 5.27. The number of carboxylic acid groups (broad SMARTS) is 2. The van der Waals surface area contributed by atoms with E-state index in [0.717, 1.165) is 51.4 Å². The van der Waals surface area contributed by atoms with Crippen LogP contribution >= 0.6 is 0 Å². The summed E-state index contributed by atoms with van der Waals surface area (Å²) in [5, 5.41) is 19.9. The van der Waals surface area contributed by atoms with E-state index >= 15 is 0 Å². The number of carbonyl (C=O) groups is 4. The lowest BCUT2D eigenvalue weighted by molar-refractivity contribution is -0.147. The molecule has 8 nitrogen and oxygen atoms in total. The SMILES string of the molecule is O=C(O)C1CCC(C2CCCCC2)CC12C(=O)N2CCCCCCN1C(=O)C12CC(C1CCCCC1)CCC2C(=O)O. The molecule has 2 amide bonds. The largest absolute Gasteiger partial charge is 0.481 e. The van der Waals surface area contributed by atoms with Gasteiger partial charge in [0.15, 0.2) is 0 Å². The summed E-state index contributed by atoms with van der Waals surface area (Å²) < 4.78 is 0. The fraction of sp³-hybridized carbons (Fsp3) is 0.882. The maximum Gasteiger partial charge on any atom is 0.309 e. The molecule has 4 saturated carbocycles. The van der Waals surface area contributed by atoms with Crippen molar-refractivity contribution in [2.24, 2.45) is 35.5 Å². The Hall–Kier alpha value is -2.12. The molecule has 234 valence electrons. The molecule has 2 saturated heterocycles. The van der Waals surface area contributed by atoms with Crippen LogP contribution in [-0.4, -0.2) is 67.9 Å². The van der Waals surface area contributed by atoms with E-state index in [1.165, 1.54) is 64.2 Å². The summed E-state index contributed by atoms with van der Waals surface area (Å²) in [5.41, 5.74) is -1.54. The lowest BCUT2D eigenvalue weighted by atomic mass is 9.66. The first-order valence-electron chi connectivity index (χ1n) is 17.4. The van der Waals surface area contributed by atoms with Gasteiger partial charge in [0.1, 0.15) is 11.1 Å². The van der Waals surface area contributed by atoms with Gasteiger partial charge in [-0.3, -0.25) is 19.2 Å². The molecule has 6 atom stereocenters. The van der Waals surface area contributed by atoms with Gasteiger partial charge in [-0.25, -0.2) is 0 Å². The summed E-state index contributed by atoms with van der Waals surface area (Å²) >= 11 is 0. The quantitative estimate of drug-likeness (QED) is 0.232. The van der Waals surface area contributed by atoms with Crippen LogP contribution < -0.4 is 0 Å². The minimum Gasteiger partial charge on any atom is -0.481 e. The standard InChI is InChI=1S/C34H52N2O6/c37-29(38)27-17-15-25(23-11-5-3-6-12-23)21-33(27)31(41)35(33)19-9-1-2-10-20-36-32(42)34(36)22-26(16-18-28(34)30(39)40)24-13-7-4-8-14-24/h23-28H,1-22H2,(H,37,38)(H,39,40). The molecule has 42 heavy (non-hydrogen) atoms. The van der Waals surface area contributed by atoms with Crippen molar-refractivity contribution in [3.8, 4) is 0 Å². The van der Waals surface area contributed by atoms with Gasteiger partial charge in [0.25, 0.3) is 0 Å². The average molecular weight is 585 g/mol. The van der Waals surface area contributed by atoms with E-state index in [0.29, 0.717) is 49.6 Å². The second-order valence-corrected chi connectivity index (χ2v) is 14.8. The molecule has 0 aromatic rings. The molecular formula is C34H52N2O6. The van der Waals surface area contributed by atoms with E-state index in [-0.39, 0.29) is 11.8 Å². The van der Waals surface area contributed by atoms with Crippen LogP contribution in [0.2, 0.25) is 0 Å². The summed E-state index contributed by atoms with van der Waals surface area (Å²) in [7, 11) is 0. The Morgan fingerprint density at radius 1 is 0.548 bits per heavy atom. The Kier molecular flexibility index (Phi) is 8.63. The van der Waals surface area contributed by atoms with Crippen molar-refractivity contribution >= 4 is 23.8 Å². The summed E-state index contributed by atoms with van der Waals surface area (Å²) in [5.74, 6) is -0.461. The predicted octanol–water partition coefficient (Wildman–Crippen LogP) is 5.87. The number of rotatable bonds is 11. The van der Waals surface area contributed by atoms with Crippen molar-refractivity contribution in [2.75, 3.05) is 13.1 Å². The maximum atomic E-state index is 13.2. The lowest BCUT2D eigenvalue weighted by Gasteiger charge is -2.38. The van der Waals surface area contributed by atoms with E-state index in [2.05, 4.69) is 0 Å². The topological polar surface area (TPSA) is 115 Å². The zero-order chi connectivity index (χ0) is 29.5. The van der Waals surface area contributed by atoms with Gasteiger partial charge < -0.3 is 20.0 Å². The van der Waals surface area contributed by atoms with Gasteiger partial charge in [-0.1, -0.05) is 77.0 Å². The molecule has 2 N–H and O–H groups in total. The summed E-state index contributed by atoms with van der Waals surface area (Å²) in [6, 6.07) is 0. The third-order valence-electron chi connectivity index (χ3n) is 12.8. The summed E-state index contributed by atoms with van der Waals surface area (Å²) in [4.78, 5) is 54.4. The minimum absolute atomic E-state index is 0.0524. The van der Waals surface area contributed by atoms with E-state index in [1.807, 2.05) is 9.80 Å². The van der Waals surface area contributed by atoms with Crippen LogP contribution in [0.5, 0.6) is 0 Å². The lowest BCUT2D eigenvalue weighted by Crippen LogP contribution is -2.43. The highest BCUT2D eigenvalue weighted by atomic mass is 16.4. The van der Waals surface area contributed by atoms with E-state index in [9.17, 15) is 29.4 Å². The van der Waals surface area contributed by atoms with Crippen LogP contribution in [0.1, 0.15) is 128 Å². The van der Waals surface area contributed by atoms with E-state index in [1.54, 1.807) is 0 Å². The van der Waals surface area contributed by atoms with E-state index < -0.39 is 34.9 Å². The first kappa shape index (κ1) is 29.9. The fourth-order valence-corrected chi connectivity index (χ4v) is 10.4. The van der Waals surface area contributed by atoms with Crippen LogP contribution in [0, 0.1) is 35.5 Å². The Morgan fingerprint density at radius 3 is 1.29 bits per heavy atom. The molecule has 2 spiro atoms. The van der Waals surface area contributed by atoms with Crippen LogP contribution in [0.15, 0.2) is 0 Å². The number of unbranched alkanes of at least 4 members (excludes halogenated alkanes) is 3. The van der Waals surface area contributed by atoms with Gasteiger partial charge in [0.05, 0.1) is 11.8 Å². The first-order chi connectivity index (χ1) is 20.3. The Balaban J connectivity index is 0.976. The molecular weight excluding hydrogens is 532 g/mol. The van der Waals surface area contributed by atoms with Crippen LogP contribution in [-0.2, 0) is 19.2 Å². The second kappa shape index (κ2) is 12.1. The van der Waals surface area contributed by atoms with E-state index in [4.69, 9.17) is 0 Å². The molecule has 6 aliphatic rings. The number of nitrogens with zero attached hydrogens (tertiary/aromatic N) is 2. The number of hydrogen-bond donors (Lipinski definition) is 2. The van der Waals surface area contributed by atoms with Gasteiger partial charge in [-0.05, 0) is 75.0 Å². The van der Waals surface area contributed by atoms with Gasteiger partial charge in [-0.15, -0.1) is 0 Å². The summed E-state index contributed by atoms with van der Waals surface area (Å²) in [6.45, 7) is 1.24. The van der Waals surface area contributed by atoms with Crippen molar-refractivity contribution in [1.82, 2.24) is 9.80 Å². The van der Waals surface area contributed by atoms with Crippen LogP contribution in [0.4, 0.5) is 0 Å². The highest BCUT2D eigenvalue weighted by Crippen LogP contribution is 2.56. The highest BCUT2D eigenvalue weighted by Gasteiger charge is 2.71. The molecule has 0 aromatic heterocycles. The van der Waals surface area contributed by atoms with Crippen molar-refractivity contribution < 1.29 is 29.4 Å². The monoisotopic (exact) mass is 584 g/mol. The molecule has 6 fully saturated rings. The Labute approximate surface area is 251 Å². The van der Waals surface area contributed by atoms with Gasteiger partial charge >= 0.3 is 11.9 Å². The third-order valence-corrected chi connectivity index (χ3v) is 12.8. The molecule has 6 unspecified atom stereocenters. The highest BCUT2D eigenvalue weighted by molar-refractivity contribution is 6.06. The molecule has 8 heteroatoms. The number of hydrogen-bond acceptors (Lipinski definition) is 4. The minimum atomic E-state index is -0.821. The molecule has 6 rings (SSSR count). The Morgan fingerprint density at radius 2 is 0.929 bits per heavy atom. The molecule has 0 aromatic carbocycles. The number of amides is 2. The maximum absolute atomic E-state index is 13.2. The smallest absolute Gasteiger partial charge is 0.309 e. The Bertz CT molecular complexity index is 969. The number of carboxylic acids is 2. The predicted molar refractivity (Wildman–Crippen MR) is 157 cm³/mol. The molecule has 0 bridgehead atoms. The van der Waals surface area contributed by atoms with Crippen LogP contribution in [0.3, 0.4) is 0 Å². The molecule has 4 aliphatic carbocycles. The molecule has 2 aliphatic heterocycles. The van der Waals surface area contributed by atoms with Crippen LogP contribution in [0.25, 0.3) is 0 Å². The van der Waals surface area contributed by atoms with Crippen molar-refractivity contribution in [2.45, 2.75) is 139 Å². The second-order valence-electron chi connectivity index (χ2n) is 14.8. The zero-order valence-electron chi connectivity index (χ0n) is 25.4. The average Bonchev–Trinajstić information content (AvgIpc) is 3.77. The number of carbonyl (C=O) groups excluding carboxylic acids is 2. The van der Waals surface area contributed by atoms with Crippen molar-refractivity contribution in [1.29, 1.82) is 0 Å². The first-order valence-corrected chi connectivity index (χ1v) is 17.4. The van der Waals surface area contributed by atoms with Gasteiger partial charge in [0, 0.05) is 13.1 Å². The fourth-order valence-electron chi connectivity index (χ4n) is 10.4. The molecule has 2 heterocycles. The van der Waals surface area contributed by atoms with Gasteiger partial charge in [0.2, 0.25) is 11.8 Å².